The molecular formula is C10H16N2. The van der Waals surface area contributed by atoms with Gasteiger partial charge in [0.15, 0.2) is 0 Å². The van der Waals surface area contributed by atoms with Crippen molar-refractivity contribution >= 4 is 6.21 Å². The lowest BCUT2D eigenvalue weighted by Crippen LogP contribution is -2.35. The van der Waals surface area contributed by atoms with Crippen LogP contribution in [0, 0.1) is 5.92 Å². The minimum Gasteiger partial charge on any atom is -0.318 e. The number of hydrogen-bond donors (Lipinski definition) is 1. The first kappa shape index (κ1) is 9.20. The van der Waals surface area contributed by atoms with E-state index >= 15 is 0 Å². The number of rotatable bonds is 1. The molecule has 1 atom stereocenters. The van der Waals surface area contributed by atoms with Crippen LogP contribution in [0.5, 0.6) is 0 Å². The van der Waals surface area contributed by atoms with Gasteiger partial charge in [0.25, 0.3) is 0 Å². The van der Waals surface area contributed by atoms with E-state index in [-0.39, 0.29) is 0 Å². The standard InChI is InChI=1S/C10H16N2/c1-8(2)9-4-5-12-7-10(3,11)6-9/h4-8H,11H2,1-3H3. The van der Waals surface area contributed by atoms with Crippen molar-refractivity contribution in [2.45, 2.75) is 26.3 Å². The molecule has 1 rings (SSSR count). The van der Waals surface area contributed by atoms with Crippen LogP contribution in [0.1, 0.15) is 20.8 Å². The van der Waals surface area contributed by atoms with Crippen molar-refractivity contribution in [1.29, 1.82) is 0 Å². The largest absolute Gasteiger partial charge is 0.318 e. The predicted octanol–water partition coefficient (Wildman–Crippen LogP) is 1.88. The Hall–Kier alpha value is -0.890. The van der Waals surface area contributed by atoms with Crippen LogP contribution in [-0.4, -0.2) is 11.8 Å². The van der Waals surface area contributed by atoms with E-state index in [1.54, 1.807) is 12.4 Å². The molecule has 0 aliphatic carbocycles. The maximum atomic E-state index is 5.94. The summed E-state index contributed by atoms with van der Waals surface area (Å²) in [6, 6.07) is 0. The van der Waals surface area contributed by atoms with Crippen LogP contribution in [0.4, 0.5) is 0 Å². The van der Waals surface area contributed by atoms with Crippen molar-refractivity contribution in [3.8, 4) is 0 Å². The minimum atomic E-state index is -0.400. The van der Waals surface area contributed by atoms with Crippen molar-refractivity contribution < 1.29 is 0 Å². The summed E-state index contributed by atoms with van der Waals surface area (Å²) in [5.74, 6) is 0.505. The van der Waals surface area contributed by atoms with Crippen LogP contribution in [-0.2, 0) is 0 Å². The van der Waals surface area contributed by atoms with Crippen LogP contribution in [0.3, 0.4) is 0 Å². The zero-order valence-electron chi connectivity index (χ0n) is 7.91. The van der Waals surface area contributed by atoms with Gasteiger partial charge in [0, 0.05) is 12.4 Å². The Morgan fingerprint density at radius 1 is 1.50 bits per heavy atom. The molecule has 0 saturated carbocycles. The number of hydrogen-bond acceptors (Lipinski definition) is 2. The van der Waals surface area contributed by atoms with Crippen LogP contribution < -0.4 is 5.73 Å². The zero-order valence-corrected chi connectivity index (χ0v) is 7.91. The molecule has 12 heavy (non-hydrogen) atoms. The lowest BCUT2D eigenvalue weighted by molar-refractivity contribution is 0.742. The fourth-order valence-electron chi connectivity index (χ4n) is 1.14. The highest BCUT2D eigenvalue weighted by atomic mass is 14.8. The SMILES string of the molecule is CC(C)C1=CC(C)(N)C=NC=C1. The van der Waals surface area contributed by atoms with Gasteiger partial charge in [-0.25, -0.2) is 0 Å². The summed E-state index contributed by atoms with van der Waals surface area (Å²) < 4.78 is 0. The van der Waals surface area contributed by atoms with Gasteiger partial charge in [-0.05, 0) is 24.5 Å². The van der Waals surface area contributed by atoms with E-state index in [1.807, 2.05) is 13.0 Å². The van der Waals surface area contributed by atoms with Crippen molar-refractivity contribution in [1.82, 2.24) is 0 Å². The molecule has 2 heteroatoms. The Labute approximate surface area is 73.9 Å². The number of aliphatic imine (C=N–C) groups is 1. The van der Waals surface area contributed by atoms with E-state index in [4.69, 9.17) is 5.73 Å². The normalized spacial score (nSPS) is 28.9. The molecule has 0 fully saturated rings. The maximum absolute atomic E-state index is 5.94. The fourth-order valence-corrected chi connectivity index (χ4v) is 1.14. The molecule has 0 spiro atoms. The highest BCUT2D eigenvalue weighted by Gasteiger charge is 2.14. The highest BCUT2D eigenvalue weighted by molar-refractivity contribution is 5.74. The van der Waals surface area contributed by atoms with E-state index in [0.717, 1.165) is 0 Å². The lowest BCUT2D eigenvalue weighted by atomic mass is 9.95. The number of nitrogens with zero attached hydrogens (tertiary/aromatic N) is 1. The van der Waals surface area contributed by atoms with E-state index in [9.17, 15) is 0 Å². The van der Waals surface area contributed by atoms with Crippen molar-refractivity contribution in [3.05, 3.63) is 23.9 Å². The molecule has 0 aromatic rings. The Kier molecular flexibility index (Phi) is 2.48. The molecular weight excluding hydrogens is 148 g/mol. The van der Waals surface area contributed by atoms with E-state index in [2.05, 4.69) is 24.9 Å². The van der Waals surface area contributed by atoms with Gasteiger partial charge >= 0.3 is 0 Å². The lowest BCUT2D eigenvalue weighted by Gasteiger charge is -2.15. The third-order valence-electron chi connectivity index (χ3n) is 1.85. The van der Waals surface area contributed by atoms with E-state index < -0.39 is 5.54 Å². The summed E-state index contributed by atoms with van der Waals surface area (Å²) in [4.78, 5) is 4.07. The molecule has 0 radical (unpaired) electrons. The average molecular weight is 164 g/mol. The topological polar surface area (TPSA) is 38.4 Å². The molecule has 0 saturated heterocycles. The van der Waals surface area contributed by atoms with Gasteiger partial charge in [-0.15, -0.1) is 0 Å². The van der Waals surface area contributed by atoms with Gasteiger partial charge in [0.05, 0.1) is 5.54 Å². The molecule has 0 aromatic heterocycles. The predicted molar refractivity (Wildman–Crippen MR) is 53.1 cm³/mol. The first-order chi connectivity index (χ1) is 5.51. The van der Waals surface area contributed by atoms with Crippen LogP contribution in [0.2, 0.25) is 0 Å². The second-order valence-electron chi connectivity index (χ2n) is 3.76. The second kappa shape index (κ2) is 3.23. The quantitative estimate of drug-likeness (QED) is 0.631. The smallest absolute Gasteiger partial charge is 0.0676 e. The van der Waals surface area contributed by atoms with Gasteiger partial charge < -0.3 is 5.73 Å². The molecule has 2 nitrogen and oxygen atoms in total. The minimum absolute atomic E-state index is 0.400. The van der Waals surface area contributed by atoms with Crippen LogP contribution >= 0.6 is 0 Å². The van der Waals surface area contributed by atoms with Gasteiger partial charge in [-0.2, -0.15) is 0 Å². The van der Waals surface area contributed by atoms with Crippen molar-refractivity contribution in [2.75, 3.05) is 0 Å². The van der Waals surface area contributed by atoms with Crippen LogP contribution in [0.15, 0.2) is 28.9 Å². The molecule has 0 bridgehead atoms. The molecule has 0 amide bonds. The third-order valence-corrected chi connectivity index (χ3v) is 1.85. The molecule has 1 aliphatic rings. The molecule has 66 valence electrons. The monoisotopic (exact) mass is 164 g/mol. The third kappa shape index (κ3) is 2.31. The Morgan fingerprint density at radius 2 is 2.17 bits per heavy atom. The highest BCUT2D eigenvalue weighted by Crippen LogP contribution is 2.16. The molecule has 1 heterocycles. The summed E-state index contributed by atoms with van der Waals surface area (Å²) in [7, 11) is 0. The van der Waals surface area contributed by atoms with Crippen molar-refractivity contribution in [3.63, 3.8) is 0 Å². The van der Waals surface area contributed by atoms with Gasteiger partial charge in [-0.3, -0.25) is 4.99 Å². The summed E-state index contributed by atoms with van der Waals surface area (Å²) in [6.07, 6.45) is 7.63. The number of nitrogens with two attached hydrogens (primary N) is 1. The van der Waals surface area contributed by atoms with Gasteiger partial charge in [0.1, 0.15) is 0 Å². The number of allylic oxidation sites excluding steroid dienone is 2. The summed E-state index contributed by atoms with van der Waals surface area (Å²) >= 11 is 0. The summed E-state index contributed by atoms with van der Waals surface area (Å²) in [5, 5.41) is 0. The molecule has 1 unspecified atom stereocenters. The first-order valence-corrected chi connectivity index (χ1v) is 4.24. The van der Waals surface area contributed by atoms with E-state index in [1.165, 1.54) is 5.57 Å². The zero-order chi connectivity index (χ0) is 9.19. The van der Waals surface area contributed by atoms with Crippen LogP contribution in [0.25, 0.3) is 0 Å². The second-order valence-corrected chi connectivity index (χ2v) is 3.76. The molecule has 1 aliphatic heterocycles. The maximum Gasteiger partial charge on any atom is 0.0676 e. The fraction of sp³-hybridized carbons (Fsp3) is 0.500. The van der Waals surface area contributed by atoms with Crippen molar-refractivity contribution in [2.24, 2.45) is 16.6 Å². The summed E-state index contributed by atoms with van der Waals surface area (Å²) in [6.45, 7) is 6.25. The Morgan fingerprint density at radius 3 is 2.75 bits per heavy atom. The van der Waals surface area contributed by atoms with E-state index in [0.29, 0.717) is 5.92 Å². The van der Waals surface area contributed by atoms with Gasteiger partial charge in [0.2, 0.25) is 0 Å². The average Bonchev–Trinajstić information content (AvgIpc) is 2.10. The Balaban J connectivity index is 2.95. The molecule has 0 aromatic carbocycles. The first-order valence-electron chi connectivity index (χ1n) is 4.24. The van der Waals surface area contributed by atoms with Gasteiger partial charge in [-0.1, -0.05) is 19.9 Å². The summed E-state index contributed by atoms with van der Waals surface area (Å²) in [5.41, 5.74) is 6.79. The Bertz CT molecular complexity index is 245. The molecule has 2 N–H and O–H groups in total.